The van der Waals surface area contributed by atoms with Gasteiger partial charge in [-0.1, -0.05) is 55.8 Å². The fourth-order valence-electron chi connectivity index (χ4n) is 6.09. The molecule has 4 aromatic rings. The summed E-state index contributed by atoms with van der Waals surface area (Å²) in [7, 11) is -3.10. The third-order valence-corrected chi connectivity index (χ3v) is 9.35. The van der Waals surface area contributed by atoms with E-state index in [1.54, 1.807) is 23.1 Å². The molecule has 18 heteroatoms. The summed E-state index contributed by atoms with van der Waals surface area (Å²) >= 11 is 6.39. The van der Waals surface area contributed by atoms with Gasteiger partial charge in [0.2, 0.25) is 0 Å². The Morgan fingerprint density at radius 1 is 1.16 bits per heavy atom. The molecular weight excluding hydrogens is 701 g/mol. The molecule has 1 aliphatic carbocycles. The van der Waals surface area contributed by atoms with Gasteiger partial charge in [-0.25, -0.2) is 23.4 Å². The minimum atomic E-state index is -4.80. The van der Waals surface area contributed by atoms with Crippen molar-refractivity contribution in [3.8, 4) is 16.9 Å². The molecule has 0 unspecified atom stereocenters. The topological polar surface area (TPSA) is 146 Å². The van der Waals surface area contributed by atoms with Crippen molar-refractivity contribution in [1.29, 1.82) is 0 Å². The van der Waals surface area contributed by atoms with Gasteiger partial charge in [-0.2, -0.15) is 33.3 Å². The van der Waals surface area contributed by atoms with E-state index in [-0.39, 0.29) is 27.9 Å². The van der Waals surface area contributed by atoms with Gasteiger partial charge >= 0.3 is 12.1 Å². The molecule has 2 aliphatic rings. The van der Waals surface area contributed by atoms with Crippen molar-refractivity contribution in [1.82, 2.24) is 34.7 Å². The molecule has 0 spiro atoms. The smallest absolute Gasteiger partial charge is 0.394 e. The number of nitrogens with two attached hydrogens (primary N) is 1. The van der Waals surface area contributed by atoms with Crippen LogP contribution >= 0.6 is 11.6 Å². The standard InChI is InChI=1S/C33H33ClF5N9O3/c1-31(2,33(37,38)39)16-32(20-7-4-18(5-8-20)23-15-42-48(45-23)21-9-10-21)29(50)46(30(40)44-32)24(12-13-26(49)51-3)19-6-11-22(34)25(14-19)47-28(27(35)36)41-17-43-47/h4-8,11,14-15,17,21,24,27H,9-10,12-13,16H2,1-3H3,(H2,40,44)/t24-,32-/m1/s1/i3D3. The molecule has 0 saturated heterocycles. The Hall–Kier alpha value is -4.93. The second-order valence-corrected chi connectivity index (χ2v) is 13.4. The van der Waals surface area contributed by atoms with Crippen LogP contribution in [0, 0.1) is 5.41 Å². The van der Waals surface area contributed by atoms with E-state index >= 15 is 0 Å². The molecule has 1 fully saturated rings. The summed E-state index contributed by atoms with van der Waals surface area (Å²) < 4.78 is 98.4. The molecule has 2 aromatic carbocycles. The molecular formula is C33H33ClF5N9O3. The molecule has 1 amide bonds. The van der Waals surface area contributed by atoms with Gasteiger partial charge in [0, 0.05) is 12.0 Å². The van der Waals surface area contributed by atoms with Gasteiger partial charge in [0.1, 0.15) is 12.0 Å². The fraction of sp³-hybridized carbons (Fsp3) is 0.424. The molecule has 270 valence electrons. The van der Waals surface area contributed by atoms with Gasteiger partial charge in [-0.3, -0.25) is 14.5 Å². The zero-order valence-electron chi connectivity index (χ0n) is 30.1. The van der Waals surface area contributed by atoms with Crippen molar-refractivity contribution < 1.29 is 40.4 Å². The number of guanidine groups is 1. The Kier molecular flexibility index (Phi) is 8.36. The molecule has 2 N–H and O–H groups in total. The number of benzene rings is 2. The van der Waals surface area contributed by atoms with Crippen LogP contribution in [0.1, 0.15) is 85.5 Å². The van der Waals surface area contributed by atoms with E-state index in [9.17, 15) is 31.5 Å². The van der Waals surface area contributed by atoms with E-state index in [0.29, 0.717) is 11.3 Å². The van der Waals surface area contributed by atoms with Crippen LogP contribution in [0.2, 0.25) is 5.02 Å². The van der Waals surface area contributed by atoms with E-state index in [1.165, 1.54) is 30.3 Å². The Bertz CT molecular complexity index is 2080. The highest BCUT2D eigenvalue weighted by molar-refractivity contribution is 6.32. The number of methoxy groups -OCH3 is 1. The SMILES string of the molecule is [2H]C([2H])([2H])OC(=O)CC[C@H](c1ccc(Cl)c(-n2ncnc2C(F)F)c1)N1C(=O)[C@@](CC(C)(C)C(F)(F)F)(c2ccc(-c3cnn(C4CC4)n3)cc2)N=C1N. The Morgan fingerprint density at radius 3 is 2.53 bits per heavy atom. The summed E-state index contributed by atoms with van der Waals surface area (Å²) in [4.78, 5) is 38.0. The second kappa shape index (κ2) is 13.3. The van der Waals surface area contributed by atoms with Crippen molar-refractivity contribution >= 4 is 29.4 Å². The maximum atomic E-state index is 14.9. The molecule has 0 bridgehead atoms. The number of aromatic nitrogens is 6. The van der Waals surface area contributed by atoms with E-state index in [4.69, 9.17) is 21.4 Å². The van der Waals surface area contributed by atoms with Crippen LogP contribution in [0.4, 0.5) is 22.0 Å². The molecule has 2 atom stereocenters. The number of hydrogen-bond acceptors (Lipinski definition) is 9. The normalized spacial score (nSPS) is 19.9. The number of amides is 1. The van der Waals surface area contributed by atoms with Crippen LogP contribution in [-0.2, 0) is 19.9 Å². The first-order chi connectivity index (χ1) is 25.2. The van der Waals surface area contributed by atoms with Crippen LogP contribution in [0.3, 0.4) is 0 Å². The number of carbonyl (C=O) groups excluding carboxylic acids is 2. The predicted octanol–water partition coefficient (Wildman–Crippen LogP) is 6.48. The van der Waals surface area contributed by atoms with Crippen LogP contribution < -0.4 is 5.73 Å². The zero-order valence-corrected chi connectivity index (χ0v) is 27.9. The molecule has 3 heterocycles. The second-order valence-electron chi connectivity index (χ2n) is 13.0. The molecule has 6 rings (SSSR count). The number of halogens is 6. The van der Waals surface area contributed by atoms with E-state index in [1.807, 2.05) is 0 Å². The largest absolute Gasteiger partial charge is 0.469 e. The summed E-state index contributed by atoms with van der Waals surface area (Å²) in [6.07, 6.45) is -5.48. The molecule has 12 nitrogen and oxygen atoms in total. The van der Waals surface area contributed by atoms with Gasteiger partial charge < -0.3 is 10.5 Å². The minimum absolute atomic E-state index is 0.0650. The van der Waals surface area contributed by atoms with E-state index < -0.39 is 79.6 Å². The number of esters is 1. The van der Waals surface area contributed by atoms with Crippen LogP contribution in [0.15, 0.2) is 60.0 Å². The molecule has 51 heavy (non-hydrogen) atoms. The Balaban J connectivity index is 1.44. The van der Waals surface area contributed by atoms with E-state index in [0.717, 1.165) is 42.6 Å². The van der Waals surface area contributed by atoms with Gasteiger partial charge in [-0.15, -0.1) is 0 Å². The zero-order chi connectivity index (χ0) is 39.4. The average Bonchev–Trinajstić information content (AvgIpc) is 3.49. The van der Waals surface area contributed by atoms with Crippen molar-refractivity contribution in [2.24, 2.45) is 16.1 Å². The number of nitrogens with zero attached hydrogens (tertiary/aromatic N) is 8. The van der Waals surface area contributed by atoms with Gasteiger partial charge in [0.25, 0.3) is 12.3 Å². The number of aliphatic imine (C=N–C) groups is 1. The molecule has 1 saturated carbocycles. The lowest BCUT2D eigenvalue weighted by Crippen LogP contribution is -2.48. The maximum Gasteiger partial charge on any atom is 0.394 e. The van der Waals surface area contributed by atoms with Crippen molar-refractivity contribution in [2.45, 2.75) is 76.2 Å². The molecule has 2 aromatic heterocycles. The number of alkyl halides is 5. The first-order valence-electron chi connectivity index (χ1n) is 17.2. The Morgan fingerprint density at radius 2 is 1.88 bits per heavy atom. The van der Waals surface area contributed by atoms with Gasteiger partial charge in [-0.05, 0) is 48.9 Å². The van der Waals surface area contributed by atoms with Crippen LogP contribution in [-0.4, -0.2) is 65.7 Å². The van der Waals surface area contributed by atoms with Crippen molar-refractivity contribution in [3.05, 3.63) is 77.0 Å². The van der Waals surface area contributed by atoms with Crippen molar-refractivity contribution in [3.63, 3.8) is 0 Å². The highest BCUT2D eigenvalue weighted by Gasteiger charge is 2.59. The highest BCUT2D eigenvalue weighted by Crippen LogP contribution is 2.51. The van der Waals surface area contributed by atoms with Gasteiger partial charge in [0.15, 0.2) is 17.3 Å². The quantitative estimate of drug-likeness (QED) is 0.129. The van der Waals surface area contributed by atoms with Crippen LogP contribution in [0.5, 0.6) is 0 Å². The fourth-order valence-corrected chi connectivity index (χ4v) is 6.29. The number of rotatable bonds is 12. The minimum Gasteiger partial charge on any atom is -0.469 e. The number of hydrogen-bond donors (Lipinski definition) is 1. The predicted molar refractivity (Wildman–Crippen MR) is 174 cm³/mol. The summed E-state index contributed by atoms with van der Waals surface area (Å²) in [5.41, 5.74) is 2.82. The lowest BCUT2D eigenvalue weighted by Gasteiger charge is -2.37. The summed E-state index contributed by atoms with van der Waals surface area (Å²) in [6.45, 7) is 1.85. The first kappa shape index (κ1) is 32.0. The molecule has 1 aliphatic heterocycles. The Labute approximate surface area is 297 Å². The first-order valence-corrected chi connectivity index (χ1v) is 16.1. The summed E-state index contributed by atoms with van der Waals surface area (Å²) in [5.74, 6) is -3.47. The summed E-state index contributed by atoms with van der Waals surface area (Å²) in [6, 6.07) is 8.87. The number of carbonyl (C=O) groups is 2. The average molecular weight is 737 g/mol. The van der Waals surface area contributed by atoms with Crippen LogP contribution in [0.25, 0.3) is 16.9 Å². The highest BCUT2D eigenvalue weighted by atomic mass is 35.5. The monoisotopic (exact) mass is 736 g/mol. The maximum absolute atomic E-state index is 14.9. The van der Waals surface area contributed by atoms with Crippen molar-refractivity contribution in [2.75, 3.05) is 7.04 Å². The van der Waals surface area contributed by atoms with E-state index in [2.05, 4.69) is 30.0 Å². The number of ether oxygens (including phenoxy) is 1. The lowest BCUT2D eigenvalue weighted by molar-refractivity contribution is -0.218. The summed E-state index contributed by atoms with van der Waals surface area (Å²) in [5, 5.41) is 12.5. The van der Waals surface area contributed by atoms with Gasteiger partial charge in [0.05, 0.1) is 45.6 Å². The molecule has 0 radical (unpaired) electrons. The third kappa shape index (κ3) is 6.78. The third-order valence-electron chi connectivity index (χ3n) is 9.03. The lowest BCUT2D eigenvalue weighted by atomic mass is 9.74.